The van der Waals surface area contributed by atoms with E-state index in [-0.39, 0.29) is 11.8 Å². The van der Waals surface area contributed by atoms with Crippen LogP contribution in [0.25, 0.3) is 0 Å². The van der Waals surface area contributed by atoms with E-state index in [9.17, 15) is 9.59 Å². The zero-order valence-electron chi connectivity index (χ0n) is 16.6. The standard InChI is InChI=1S/C21H33N3O2/c1-5-22-14-17-8-10-24(11-9-17)21(26)18-6-7-19(16(4)13-18)23-20(25)12-15(2)3/h6-7,13,15,17,22H,5,8-12,14H2,1-4H3,(H,23,25). The number of likely N-dealkylation sites (tertiary alicyclic amines) is 1. The van der Waals surface area contributed by atoms with Crippen LogP contribution in [0, 0.1) is 18.8 Å². The fourth-order valence-corrected chi connectivity index (χ4v) is 3.38. The number of anilines is 1. The molecule has 0 aliphatic carbocycles. The summed E-state index contributed by atoms with van der Waals surface area (Å²) in [5.74, 6) is 1.10. The van der Waals surface area contributed by atoms with Crippen LogP contribution in [-0.4, -0.2) is 42.9 Å². The van der Waals surface area contributed by atoms with Gasteiger partial charge in [0.1, 0.15) is 0 Å². The van der Waals surface area contributed by atoms with Gasteiger partial charge < -0.3 is 15.5 Å². The lowest BCUT2D eigenvalue weighted by molar-refractivity contribution is -0.116. The van der Waals surface area contributed by atoms with Crippen LogP contribution in [0.2, 0.25) is 0 Å². The fraction of sp³-hybridized carbons (Fsp3) is 0.619. The summed E-state index contributed by atoms with van der Waals surface area (Å²) in [6.07, 6.45) is 2.62. The monoisotopic (exact) mass is 359 g/mol. The van der Waals surface area contributed by atoms with Gasteiger partial charge in [-0.1, -0.05) is 20.8 Å². The van der Waals surface area contributed by atoms with Crippen LogP contribution in [0.1, 0.15) is 56.0 Å². The average Bonchev–Trinajstić information content (AvgIpc) is 2.61. The lowest BCUT2D eigenvalue weighted by Crippen LogP contribution is -2.40. The Morgan fingerprint density at radius 3 is 2.50 bits per heavy atom. The first-order chi connectivity index (χ1) is 12.4. The smallest absolute Gasteiger partial charge is 0.253 e. The zero-order valence-corrected chi connectivity index (χ0v) is 16.6. The number of nitrogens with zero attached hydrogens (tertiary/aromatic N) is 1. The molecule has 1 aromatic rings. The molecule has 1 saturated heterocycles. The minimum Gasteiger partial charge on any atom is -0.339 e. The third-order valence-corrected chi connectivity index (χ3v) is 4.93. The molecule has 1 fully saturated rings. The van der Waals surface area contributed by atoms with E-state index >= 15 is 0 Å². The highest BCUT2D eigenvalue weighted by atomic mass is 16.2. The van der Waals surface area contributed by atoms with E-state index in [0.29, 0.717) is 23.8 Å². The van der Waals surface area contributed by atoms with Crippen LogP contribution >= 0.6 is 0 Å². The number of carbonyl (C=O) groups excluding carboxylic acids is 2. The second-order valence-electron chi connectivity index (χ2n) is 7.72. The van der Waals surface area contributed by atoms with E-state index < -0.39 is 0 Å². The highest BCUT2D eigenvalue weighted by molar-refractivity contribution is 5.96. The van der Waals surface area contributed by atoms with Crippen molar-refractivity contribution in [3.8, 4) is 0 Å². The highest BCUT2D eigenvalue weighted by Gasteiger charge is 2.23. The summed E-state index contributed by atoms with van der Waals surface area (Å²) in [6, 6.07) is 5.56. The third-order valence-electron chi connectivity index (χ3n) is 4.93. The normalized spacial score (nSPS) is 15.3. The van der Waals surface area contributed by atoms with Crippen molar-refractivity contribution in [1.29, 1.82) is 0 Å². The Balaban J connectivity index is 1.94. The molecule has 0 atom stereocenters. The molecule has 2 rings (SSSR count). The molecule has 5 nitrogen and oxygen atoms in total. The molecule has 2 amide bonds. The summed E-state index contributed by atoms with van der Waals surface area (Å²) in [5, 5.41) is 6.34. The summed E-state index contributed by atoms with van der Waals surface area (Å²) in [6.45, 7) is 11.8. The zero-order chi connectivity index (χ0) is 19.1. The molecule has 26 heavy (non-hydrogen) atoms. The maximum absolute atomic E-state index is 12.8. The van der Waals surface area contributed by atoms with Gasteiger partial charge in [-0.2, -0.15) is 0 Å². The number of hydrogen-bond acceptors (Lipinski definition) is 3. The van der Waals surface area contributed by atoms with Crippen molar-refractivity contribution < 1.29 is 9.59 Å². The van der Waals surface area contributed by atoms with Crippen LogP contribution < -0.4 is 10.6 Å². The van der Waals surface area contributed by atoms with Gasteiger partial charge in [0.05, 0.1) is 0 Å². The van der Waals surface area contributed by atoms with E-state index in [1.807, 2.05) is 43.9 Å². The number of rotatable bonds is 7. The molecular weight excluding hydrogens is 326 g/mol. The molecule has 1 heterocycles. The predicted octanol–water partition coefficient (Wildman–Crippen LogP) is 3.44. The van der Waals surface area contributed by atoms with Crippen LogP contribution in [0.15, 0.2) is 18.2 Å². The van der Waals surface area contributed by atoms with Gasteiger partial charge in [-0.15, -0.1) is 0 Å². The molecule has 1 aliphatic rings. The van der Waals surface area contributed by atoms with Crippen molar-refractivity contribution in [2.45, 2.75) is 47.0 Å². The molecule has 0 bridgehead atoms. The largest absolute Gasteiger partial charge is 0.339 e. The summed E-state index contributed by atoms with van der Waals surface area (Å²) in [4.78, 5) is 26.7. The van der Waals surface area contributed by atoms with E-state index in [0.717, 1.165) is 50.3 Å². The molecule has 1 aromatic carbocycles. The maximum Gasteiger partial charge on any atom is 0.253 e. The molecule has 0 unspecified atom stereocenters. The number of aryl methyl sites for hydroxylation is 1. The van der Waals surface area contributed by atoms with E-state index in [4.69, 9.17) is 0 Å². The lowest BCUT2D eigenvalue weighted by Gasteiger charge is -2.32. The fourth-order valence-electron chi connectivity index (χ4n) is 3.38. The Hall–Kier alpha value is -1.88. The molecule has 0 spiro atoms. The van der Waals surface area contributed by atoms with Gasteiger partial charge in [-0.25, -0.2) is 0 Å². The number of hydrogen-bond donors (Lipinski definition) is 2. The lowest BCUT2D eigenvalue weighted by atomic mass is 9.96. The van der Waals surface area contributed by atoms with Crippen molar-refractivity contribution in [1.82, 2.24) is 10.2 Å². The third kappa shape index (κ3) is 5.84. The first-order valence-corrected chi connectivity index (χ1v) is 9.81. The van der Waals surface area contributed by atoms with Gasteiger partial charge in [-0.05, 0) is 68.5 Å². The number of piperidine rings is 1. The summed E-state index contributed by atoms with van der Waals surface area (Å²) < 4.78 is 0. The Morgan fingerprint density at radius 2 is 1.92 bits per heavy atom. The van der Waals surface area contributed by atoms with Crippen LogP contribution in [-0.2, 0) is 4.79 Å². The van der Waals surface area contributed by atoms with Gasteiger partial charge >= 0.3 is 0 Å². The van der Waals surface area contributed by atoms with Crippen molar-refractivity contribution >= 4 is 17.5 Å². The van der Waals surface area contributed by atoms with Gasteiger partial charge in [0.15, 0.2) is 0 Å². The first-order valence-electron chi connectivity index (χ1n) is 9.81. The molecule has 0 saturated carbocycles. The van der Waals surface area contributed by atoms with Gasteiger partial charge in [0.25, 0.3) is 5.91 Å². The highest BCUT2D eigenvalue weighted by Crippen LogP contribution is 2.22. The number of benzene rings is 1. The Morgan fingerprint density at radius 1 is 1.23 bits per heavy atom. The van der Waals surface area contributed by atoms with E-state index in [1.165, 1.54) is 0 Å². The summed E-state index contributed by atoms with van der Waals surface area (Å²) in [7, 11) is 0. The second kappa shape index (κ2) is 9.72. The Labute approximate surface area is 157 Å². The maximum atomic E-state index is 12.8. The quantitative estimate of drug-likeness (QED) is 0.784. The predicted molar refractivity (Wildman–Crippen MR) is 106 cm³/mol. The molecule has 1 aliphatic heterocycles. The van der Waals surface area contributed by atoms with Crippen LogP contribution in [0.5, 0.6) is 0 Å². The van der Waals surface area contributed by atoms with Crippen molar-refractivity contribution in [3.63, 3.8) is 0 Å². The minimum absolute atomic E-state index is 0.0185. The molecule has 0 aromatic heterocycles. The van der Waals surface area contributed by atoms with Crippen molar-refractivity contribution in [3.05, 3.63) is 29.3 Å². The number of amides is 2. The van der Waals surface area contributed by atoms with Gasteiger partial charge in [0.2, 0.25) is 5.91 Å². The molecule has 5 heteroatoms. The summed E-state index contributed by atoms with van der Waals surface area (Å²) in [5.41, 5.74) is 2.42. The topological polar surface area (TPSA) is 61.4 Å². The SMILES string of the molecule is CCNCC1CCN(C(=O)c2ccc(NC(=O)CC(C)C)c(C)c2)CC1. The average molecular weight is 360 g/mol. The molecule has 0 radical (unpaired) electrons. The van der Waals surface area contributed by atoms with E-state index in [1.54, 1.807) is 0 Å². The van der Waals surface area contributed by atoms with Crippen molar-refractivity contribution in [2.75, 3.05) is 31.5 Å². The van der Waals surface area contributed by atoms with Crippen LogP contribution in [0.3, 0.4) is 0 Å². The van der Waals surface area contributed by atoms with Crippen molar-refractivity contribution in [2.24, 2.45) is 11.8 Å². The molecule has 2 N–H and O–H groups in total. The minimum atomic E-state index is 0.0185. The first kappa shape index (κ1) is 20.4. The van der Waals surface area contributed by atoms with Crippen LogP contribution in [0.4, 0.5) is 5.69 Å². The molecule has 144 valence electrons. The number of nitrogens with one attached hydrogen (secondary N) is 2. The second-order valence-corrected chi connectivity index (χ2v) is 7.72. The molecular formula is C21H33N3O2. The van der Waals surface area contributed by atoms with E-state index in [2.05, 4.69) is 17.6 Å². The van der Waals surface area contributed by atoms with Gasteiger partial charge in [-0.3, -0.25) is 9.59 Å². The number of carbonyl (C=O) groups is 2. The Bertz CT molecular complexity index is 620. The van der Waals surface area contributed by atoms with Gasteiger partial charge in [0, 0.05) is 30.8 Å². The summed E-state index contributed by atoms with van der Waals surface area (Å²) >= 11 is 0. The Kier molecular flexibility index (Phi) is 7.64.